The summed E-state index contributed by atoms with van der Waals surface area (Å²) < 4.78 is 40.2. The minimum atomic E-state index is -3.73. The molecule has 0 N–H and O–H groups in total. The van der Waals surface area contributed by atoms with Gasteiger partial charge in [0.25, 0.3) is 0 Å². The molecule has 1 aliphatic heterocycles. The molecule has 0 fully saturated rings. The molecule has 2 rings (SSSR count). The molecule has 1 aromatic carbocycles. The number of halogens is 2. The molecule has 3 nitrogen and oxygen atoms in total. The first-order chi connectivity index (χ1) is 6.96. The molecule has 0 unspecified atom stereocenters. The van der Waals surface area contributed by atoms with Crippen molar-refractivity contribution in [3.05, 3.63) is 29.1 Å². The number of rotatable bonds is 2. The van der Waals surface area contributed by atoms with E-state index < -0.39 is 20.6 Å². The Kier molecular flexibility index (Phi) is 2.60. The highest BCUT2D eigenvalue weighted by molar-refractivity contribution is 8.13. The summed E-state index contributed by atoms with van der Waals surface area (Å²) in [6, 6.07) is 2.71. The first kappa shape index (κ1) is 10.7. The Morgan fingerprint density at radius 1 is 1.47 bits per heavy atom. The van der Waals surface area contributed by atoms with Crippen molar-refractivity contribution in [2.24, 2.45) is 0 Å². The highest BCUT2D eigenvalue weighted by atomic mass is 35.7. The van der Waals surface area contributed by atoms with Gasteiger partial charge in [-0.3, -0.25) is 0 Å². The molecular weight excluding hydrogens is 243 g/mol. The van der Waals surface area contributed by atoms with E-state index in [1.54, 1.807) is 0 Å². The molecule has 15 heavy (non-hydrogen) atoms. The van der Waals surface area contributed by atoms with Gasteiger partial charge in [0.05, 0.1) is 12.4 Å². The molecule has 0 saturated carbocycles. The van der Waals surface area contributed by atoms with Gasteiger partial charge >= 0.3 is 0 Å². The molecule has 0 aromatic heterocycles. The van der Waals surface area contributed by atoms with E-state index >= 15 is 0 Å². The summed E-state index contributed by atoms with van der Waals surface area (Å²) in [5.41, 5.74) is 0.918. The van der Waals surface area contributed by atoms with Gasteiger partial charge in [0, 0.05) is 28.7 Å². The maximum Gasteiger partial charge on any atom is 0.236 e. The molecule has 1 aromatic rings. The van der Waals surface area contributed by atoms with E-state index in [1.807, 2.05) is 0 Å². The molecule has 0 radical (unpaired) electrons. The molecular formula is C9H8ClFO3S. The summed E-state index contributed by atoms with van der Waals surface area (Å²) in [6.45, 7) is 0.506. The zero-order valence-electron chi connectivity index (χ0n) is 7.66. The van der Waals surface area contributed by atoms with Gasteiger partial charge in [-0.15, -0.1) is 0 Å². The van der Waals surface area contributed by atoms with Crippen molar-refractivity contribution in [1.29, 1.82) is 0 Å². The fourth-order valence-corrected chi connectivity index (χ4v) is 2.49. The first-order valence-corrected chi connectivity index (χ1v) is 6.80. The van der Waals surface area contributed by atoms with E-state index in [-0.39, 0.29) is 5.56 Å². The van der Waals surface area contributed by atoms with Gasteiger partial charge in [0.15, 0.2) is 0 Å². The molecule has 0 aliphatic carbocycles. The van der Waals surface area contributed by atoms with Crippen LogP contribution in [-0.2, 0) is 21.2 Å². The first-order valence-electron chi connectivity index (χ1n) is 4.32. The van der Waals surface area contributed by atoms with Gasteiger partial charge < -0.3 is 4.74 Å². The van der Waals surface area contributed by atoms with Gasteiger partial charge in [-0.1, -0.05) is 0 Å². The minimum absolute atomic E-state index is 0.0919. The van der Waals surface area contributed by atoms with Crippen LogP contribution < -0.4 is 4.74 Å². The molecule has 0 saturated heterocycles. The van der Waals surface area contributed by atoms with Gasteiger partial charge in [-0.25, -0.2) is 12.8 Å². The highest BCUT2D eigenvalue weighted by Gasteiger charge is 2.18. The number of benzene rings is 1. The van der Waals surface area contributed by atoms with Crippen LogP contribution in [0.25, 0.3) is 0 Å². The van der Waals surface area contributed by atoms with Crippen LogP contribution in [0.15, 0.2) is 12.1 Å². The number of hydrogen-bond donors (Lipinski definition) is 0. The zero-order chi connectivity index (χ0) is 11.1. The molecule has 82 valence electrons. The van der Waals surface area contributed by atoms with Crippen LogP contribution in [0.5, 0.6) is 5.75 Å². The molecule has 0 spiro atoms. The second kappa shape index (κ2) is 3.64. The third-order valence-corrected chi connectivity index (χ3v) is 3.17. The molecule has 1 heterocycles. The monoisotopic (exact) mass is 250 g/mol. The summed E-state index contributed by atoms with van der Waals surface area (Å²) in [5.74, 6) is -0.601. The fraction of sp³-hybridized carbons (Fsp3) is 0.333. The Morgan fingerprint density at radius 3 is 2.87 bits per heavy atom. The van der Waals surface area contributed by atoms with Crippen molar-refractivity contribution in [3.8, 4) is 5.75 Å². The van der Waals surface area contributed by atoms with Crippen molar-refractivity contribution in [3.63, 3.8) is 0 Å². The molecule has 0 atom stereocenters. The molecule has 1 aliphatic rings. The SMILES string of the molecule is O=S(=O)(Cl)Cc1cc2c(cc1F)OCC2. The van der Waals surface area contributed by atoms with E-state index in [0.29, 0.717) is 18.8 Å². The smallest absolute Gasteiger partial charge is 0.236 e. The van der Waals surface area contributed by atoms with Gasteiger partial charge in [0.2, 0.25) is 9.05 Å². The van der Waals surface area contributed by atoms with Crippen LogP contribution in [-0.4, -0.2) is 15.0 Å². The quantitative estimate of drug-likeness (QED) is 0.752. The van der Waals surface area contributed by atoms with Crippen LogP contribution in [0, 0.1) is 5.82 Å². The number of fused-ring (bicyclic) bond motifs is 1. The predicted octanol–water partition coefficient (Wildman–Crippen LogP) is 1.83. The van der Waals surface area contributed by atoms with E-state index in [1.165, 1.54) is 12.1 Å². The Bertz CT molecular complexity index is 498. The van der Waals surface area contributed by atoms with Gasteiger partial charge in [-0.2, -0.15) is 0 Å². The lowest BCUT2D eigenvalue weighted by Gasteiger charge is -2.04. The zero-order valence-corrected chi connectivity index (χ0v) is 9.24. The van der Waals surface area contributed by atoms with E-state index in [2.05, 4.69) is 0 Å². The van der Waals surface area contributed by atoms with Crippen LogP contribution in [0.2, 0.25) is 0 Å². The van der Waals surface area contributed by atoms with Gasteiger partial charge in [-0.05, 0) is 11.6 Å². The normalized spacial score (nSPS) is 14.8. The molecule has 0 bridgehead atoms. The van der Waals surface area contributed by atoms with Crippen LogP contribution in [0.3, 0.4) is 0 Å². The topological polar surface area (TPSA) is 43.4 Å². The maximum atomic E-state index is 13.4. The summed E-state index contributed by atoms with van der Waals surface area (Å²) in [5, 5.41) is 0. The van der Waals surface area contributed by atoms with Crippen molar-refractivity contribution < 1.29 is 17.5 Å². The van der Waals surface area contributed by atoms with Crippen LogP contribution >= 0.6 is 10.7 Å². The van der Waals surface area contributed by atoms with Crippen molar-refractivity contribution in [1.82, 2.24) is 0 Å². The van der Waals surface area contributed by atoms with Crippen molar-refractivity contribution >= 4 is 19.7 Å². The van der Waals surface area contributed by atoms with Crippen molar-refractivity contribution in [2.75, 3.05) is 6.61 Å². The van der Waals surface area contributed by atoms with E-state index in [0.717, 1.165) is 5.56 Å². The maximum absolute atomic E-state index is 13.4. The van der Waals surface area contributed by atoms with Crippen LogP contribution in [0.1, 0.15) is 11.1 Å². The third-order valence-electron chi connectivity index (χ3n) is 2.19. The Morgan fingerprint density at radius 2 is 2.20 bits per heavy atom. The Hall–Kier alpha value is -0.810. The highest BCUT2D eigenvalue weighted by Crippen LogP contribution is 2.29. The standard InChI is InChI=1S/C9H8ClFO3S/c10-15(12,13)5-7-3-6-1-2-14-9(6)4-8(7)11/h3-4H,1-2,5H2. The lowest BCUT2D eigenvalue weighted by molar-refractivity contribution is 0.355. The van der Waals surface area contributed by atoms with Crippen molar-refractivity contribution in [2.45, 2.75) is 12.2 Å². The Balaban J connectivity index is 2.41. The molecule has 0 amide bonds. The number of hydrogen-bond acceptors (Lipinski definition) is 3. The molecule has 6 heteroatoms. The lowest BCUT2D eigenvalue weighted by Crippen LogP contribution is -1.99. The third kappa shape index (κ3) is 2.41. The number of ether oxygens (including phenoxy) is 1. The minimum Gasteiger partial charge on any atom is -0.493 e. The van der Waals surface area contributed by atoms with Crippen LogP contribution in [0.4, 0.5) is 4.39 Å². The lowest BCUT2D eigenvalue weighted by atomic mass is 10.1. The van der Waals surface area contributed by atoms with E-state index in [9.17, 15) is 12.8 Å². The second-order valence-electron chi connectivity index (χ2n) is 3.33. The average Bonchev–Trinajstić information content (AvgIpc) is 2.49. The second-order valence-corrected chi connectivity index (χ2v) is 6.11. The average molecular weight is 251 g/mol. The predicted molar refractivity (Wildman–Crippen MR) is 54.1 cm³/mol. The van der Waals surface area contributed by atoms with E-state index in [4.69, 9.17) is 15.4 Å². The van der Waals surface area contributed by atoms with Gasteiger partial charge in [0.1, 0.15) is 11.6 Å². The largest absolute Gasteiger partial charge is 0.493 e. The summed E-state index contributed by atoms with van der Waals surface area (Å²) in [6.07, 6.45) is 0.672. The fourth-order valence-electron chi connectivity index (χ4n) is 1.55. The summed E-state index contributed by atoms with van der Waals surface area (Å²) in [7, 11) is 1.34. The summed E-state index contributed by atoms with van der Waals surface area (Å²) >= 11 is 0. The Labute approximate surface area is 91.2 Å². The summed E-state index contributed by atoms with van der Waals surface area (Å²) in [4.78, 5) is 0.